The third kappa shape index (κ3) is 3.49. The largest absolute Gasteiger partial charge is 0.0840 e. The highest BCUT2D eigenvalue weighted by Gasteiger charge is 2.36. The van der Waals surface area contributed by atoms with Crippen molar-refractivity contribution in [2.24, 2.45) is 5.92 Å². The Morgan fingerprint density at radius 2 is 1.86 bits per heavy atom. The molecule has 0 heterocycles. The second kappa shape index (κ2) is 6.23. The monoisotopic (exact) mass is 298 g/mol. The van der Waals surface area contributed by atoms with Crippen LogP contribution in [0.1, 0.15) is 54.4 Å². The summed E-state index contributed by atoms with van der Waals surface area (Å²) in [6.07, 6.45) is 5.00. The standard InChI is InChI=1S/C20H23Cl/c1-3-4-17-13-19(17)16-8-6-15(7-9-16)12-18-11-14(2)5-10-20(18)21/h5-11,17,19H,3-4,12-13H2,1-2H3. The molecule has 1 aliphatic rings. The molecule has 0 aliphatic heterocycles. The minimum absolute atomic E-state index is 0.821. The lowest BCUT2D eigenvalue weighted by Gasteiger charge is -2.07. The van der Waals surface area contributed by atoms with E-state index in [9.17, 15) is 0 Å². The zero-order valence-corrected chi connectivity index (χ0v) is 13.7. The van der Waals surface area contributed by atoms with Gasteiger partial charge in [-0.15, -0.1) is 0 Å². The summed E-state index contributed by atoms with van der Waals surface area (Å²) in [5.41, 5.74) is 5.36. The number of benzene rings is 2. The highest BCUT2D eigenvalue weighted by atomic mass is 35.5. The molecule has 0 aromatic heterocycles. The van der Waals surface area contributed by atoms with Crippen LogP contribution in [-0.4, -0.2) is 0 Å². The lowest BCUT2D eigenvalue weighted by Crippen LogP contribution is -1.92. The average molecular weight is 299 g/mol. The summed E-state index contributed by atoms with van der Waals surface area (Å²) in [5, 5.41) is 0.870. The number of hydrogen-bond acceptors (Lipinski definition) is 0. The molecule has 0 amide bonds. The Kier molecular flexibility index (Phi) is 4.35. The van der Waals surface area contributed by atoms with Gasteiger partial charge in [0.1, 0.15) is 0 Å². The van der Waals surface area contributed by atoms with Gasteiger partial charge in [-0.1, -0.05) is 73.3 Å². The van der Waals surface area contributed by atoms with Crippen LogP contribution < -0.4 is 0 Å². The number of rotatable bonds is 5. The van der Waals surface area contributed by atoms with Crippen molar-refractivity contribution < 1.29 is 0 Å². The summed E-state index contributed by atoms with van der Waals surface area (Å²) in [6.45, 7) is 4.40. The number of halogens is 1. The first-order chi connectivity index (χ1) is 10.2. The van der Waals surface area contributed by atoms with Crippen LogP contribution in [0.5, 0.6) is 0 Å². The molecular weight excluding hydrogens is 276 g/mol. The van der Waals surface area contributed by atoms with E-state index in [-0.39, 0.29) is 0 Å². The van der Waals surface area contributed by atoms with Gasteiger partial charge in [0.05, 0.1) is 0 Å². The van der Waals surface area contributed by atoms with Crippen molar-refractivity contribution in [3.05, 3.63) is 69.7 Å². The Hall–Kier alpha value is -1.27. The predicted molar refractivity (Wildman–Crippen MR) is 91.2 cm³/mol. The van der Waals surface area contributed by atoms with E-state index in [1.807, 2.05) is 6.07 Å². The van der Waals surface area contributed by atoms with E-state index in [0.29, 0.717) is 0 Å². The molecule has 2 aromatic carbocycles. The van der Waals surface area contributed by atoms with Crippen LogP contribution in [0.3, 0.4) is 0 Å². The summed E-state index contributed by atoms with van der Waals surface area (Å²) in [5.74, 6) is 1.76. The maximum absolute atomic E-state index is 6.29. The second-order valence-electron chi connectivity index (χ2n) is 6.40. The third-order valence-electron chi connectivity index (χ3n) is 4.59. The molecule has 110 valence electrons. The van der Waals surface area contributed by atoms with Crippen LogP contribution in [-0.2, 0) is 6.42 Å². The van der Waals surface area contributed by atoms with E-state index in [1.165, 1.54) is 41.5 Å². The first kappa shape index (κ1) is 14.7. The Labute approximate surface area is 133 Å². The number of aryl methyl sites for hydroxylation is 1. The summed E-state index contributed by atoms with van der Waals surface area (Å²) in [4.78, 5) is 0. The fourth-order valence-corrected chi connectivity index (χ4v) is 3.47. The van der Waals surface area contributed by atoms with Gasteiger partial charge in [-0.3, -0.25) is 0 Å². The van der Waals surface area contributed by atoms with Gasteiger partial charge < -0.3 is 0 Å². The lowest BCUT2D eigenvalue weighted by molar-refractivity contribution is 0.687. The van der Waals surface area contributed by atoms with Gasteiger partial charge in [-0.2, -0.15) is 0 Å². The first-order valence-electron chi connectivity index (χ1n) is 8.01. The van der Waals surface area contributed by atoms with E-state index in [4.69, 9.17) is 11.6 Å². The van der Waals surface area contributed by atoms with Crippen LogP contribution in [0, 0.1) is 12.8 Å². The molecule has 1 heteroatoms. The van der Waals surface area contributed by atoms with E-state index in [1.54, 1.807) is 0 Å². The summed E-state index contributed by atoms with van der Waals surface area (Å²) >= 11 is 6.29. The molecule has 0 nitrogen and oxygen atoms in total. The molecule has 3 rings (SSSR count). The van der Waals surface area contributed by atoms with Crippen LogP contribution in [0.25, 0.3) is 0 Å². The van der Waals surface area contributed by atoms with Gasteiger partial charge in [0.15, 0.2) is 0 Å². The molecule has 0 N–H and O–H groups in total. The third-order valence-corrected chi connectivity index (χ3v) is 4.95. The van der Waals surface area contributed by atoms with Gasteiger partial charge >= 0.3 is 0 Å². The maximum Gasteiger partial charge on any atom is 0.0441 e. The Bertz CT molecular complexity index is 612. The van der Waals surface area contributed by atoms with E-state index in [2.05, 4.69) is 50.2 Å². The van der Waals surface area contributed by atoms with E-state index < -0.39 is 0 Å². The normalized spacial score (nSPS) is 20.5. The van der Waals surface area contributed by atoms with Crippen molar-refractivity contribution in [3.63, 3.8) is 0 Å². The van der Waals surface area contributed by atoms with Gasteiger partial charge in [0.25, 0.3) is 0 Å². The molecule has 1 fully saturated rings. The van der Waals surface area contributed by atoms with E-state index >= 15 is 0 Å². The second-order valence-corrected chi connectivity index (χ2v) is 6.81. The summed E-state index contributed by atoms with van der Waals surface area (Å²) in [6, 6.07) is 15.4. The Balaban J connectivity index is 1.69. The lowest BCUT2D eigenvalue weighted by atomic mass is 10.00. The topological polar surface area (TPSA) is 0 Å². The van der Waals surface area contributed by atoms with Gasteiger partial charge in [0.2, 0.25) is 0 Å². The van der Waals surface area contributed by atoms with Crippen molar-refractivity contribution in [3.8, 4) is 0 Å². The molecule has 0 radical (unpaired) electrons. The fraction of sp³-hybridized carbons (Fsp3) is 0.400. The highest BCUT2D eigenvalue weighted by Crippen LogP contribution is 2.50. The van der Waals surface area contributed by atoms with Crippen molar-refractivity contribution in [1.29, 1.82) is 0 Å². The zero-order chi connectivity index (χ0) is 14.8. The van der Waals surface area contributed by atoms with Gasteiger partial charge in [-0.05, 0) is 54.4 Å². The maximum atomic E-state index is 6.29. The minimum atomic E-state index is 0.821. The van der Waals surface area contributed by atoms with Crippen LogP contribution in [0.15, 0.2) is 42.5 Å². The molecule has 1 saturated carbocycles. The van der Waals surface area contributed by atoms with Crippen molar-refractivity contribution in [2.75, 3.05) is 0 Å². The Morgan fingerprint density at radius 3 is 2.57 bits per heavy atom. The number of hydrogen-bond donors (Lipinski definition) is 0. The molecule has 2 aromatic rings. The van der Waals surface area contributed by atoms with E-state index in [0.717, 1.165) is 23.3 Å². The van der Waals surface area contributed by atoms with Crippen LogP contribution in [0.2, 0.25) is 5.02 Å². The predicted octanol–water partition coefficient (Wildman–Crippen LogP) is 6.14. The van der Waals surface area contributed by atoms with Gasteiger partial charge in [-0.25, -0.2) is 0 Å². The molecule has 2 atom stereocenters. The highest BCUT2D eigenvalue weighted by molar-refractivity contribution is 6.31. The zero-order valence-electron chi connectivity index (χ0n) is 12.9. The molecule has 1 aliphatic carbocycles. The Morgan fingerprint density at radius 1 is 1.10 bits per heavy atom. The molecule has 0 spiro atoms. The quantitative estimate of drug-likeness (QED) is 0.621. The van der Waals surface area contributed by atoms with Crippen molar-refractivity contribution in [2.45, 2.75) is 45.4 Å². The fourth-order valence-electron chi connectivity index (χ4n) is 3.29. The summed E-state index contributed by atoms with van der Waals surface area (Å²) < 4.78 is 0. The molecule has 0 bridgehead atoms. The molecular formula is C20H23Cl. The average Bonchev–Trinajstić information content (AvgIpc) is 3.23. The minimum Gasteiger partial charge on any atom is -0.0840 e. The smallest absolute Gasteiger partial charge is 0.0441 e. The SMILES string of the molecule is CCCC1CC1c1ccc(Cc2cc(C)ccc2Cl)cc1. The molecule has 2 unspecified atom stereocenters. The van der Waals surface area contributed by atoms with Crippen LogP contribution in [0.4, 0.5) is 0 Å². The van der Waals surface area contributed by atoms with Crippen molar-refractivity contribution >= 4 is 11.6 Å². The molecule has 0 saturated heterocycles. The first-order valence-corrected chi connectivity index (χ1v) is 8.39. The van der Waals surface area contributed by atoms with Gasteiger partial charge in [0, 0.05) is 5.02 Å². The van der Waals surface area contributed by atoms with Crippen LogP contribution >= 0.6 is 11.6 Å². The van der Waals surface area contributed by atoms with Crippen molar-refractivity contribution in [1.82, 2.24) is 0 Å². The molecule has 21 heavy (non-hydrogen) atoms. The summed E-state index contributed by atoms with van der Waals surface area (Å²) in [7, 11) is 0.